The largest absolute Gasteiger partial charge is 0.364 e. The Hall–Kier alpha value is -0.710. The Labute approximate surface area is 115 Å². The first-order valence-corrected chi connectivity index (χ1v) is 7.66. The first kappa shape index (κ1) is 15.3. The molecule has 0 aromatic heterocycles. The first-order valence-electron chi connectivity index (χ1n) is 6.67. The summed E-state index contributed by atoms with van der Waals surface area (Å²) in [6, 6.07) is 0. The van der Waals surface area contributed by atoms with Gasteiger partial charge in [-0.3, -0.25) is 9.79 Å². The fourth-order valence-electron chi connectivity index (χ4n) is 1.76. The highest BCUT2D eigenvalue weighted by Crippen LogP contribution is 2.26. The molecule has 0 aliphatic carbocycles. The van der Waals surface area contributed by atoms with Gasteiger partial charge in [0.05, 0.1) is 0 Å². The summed E-state index contributed by atoms with van der Waals surface area (Å²) >= 11 is 1.76. The molecule has 1 rings (SSSR count). The fourth-order valence-corrected chi connectivity index (χ4v) is 2.74. The lowest BCUT2D eigenvalue weighted by molar-refractivity contribution is -0.130. The molecule has 5 heteroatoms. The van der Waals surface area contributed by atoms with E-state index in [2.05, 4.69) is 24.2 Å². The Morgan fingerprint density at radius 3 is 2.61 bits per heavy atom. The number of hydrogen-bond acceptors (Lipinski definition) is 4. The number of amidine groups is 1. The zero-order chi connectivity index (χ0) is 13.6. The molecular weight excluding hydrogens is 246 g/mol. The van der Waals surface area contributed by atoms with Gasteiger partial charge >= 0.3 is 0 Å². The predicted octanol–water partition coefficient (Wildman–Crippen LogP) is 1.96. The molecule has 1 N–H and O–H groups in total. The normalized spacial score (nSPS) is 18.1. The molecule has 0 spiro atoms. The van der Waals surface area contributed by atoms with Crippen LogP contribution in [0.4, 0.5) is 0 Å². The molecule has 1 aliphatic heterocycles. The number of amides is 1. The SMILES string of the molecule is CCN(CC)C(=O)CCNC1=NCC(C)(C)CS1. The topological polar surface area (TPSA) is 44.7 Å². The summed E-state index contributed by atoms with van der Waals surface area (Å²) in [6.07, 6.45) is 0.546. The van der Waals surface area contributed by atoms with Crippen molar-refractivity contribution >= 4 is 22.8 Å². The maximum absolute atomic E-state index is 11.8. The van der Waals surface area contributed by atoms with Crippen LogP contribution < -0.4 is 5.32 Å². The maximum Gasteiger partial charge on any atom is 0.224 e. The van der Waals surface area contributed by atoms with E-state index in [9.17, 15) is 4.79 Å². The molecule has 0 bridgehead atoms. The minimum absolute atomic E-state index is 0.217. The van der Waals surface area contributed by atoms with Crippen molar-refractivity contribution in [3.05, 3.63) is 0 Å². The summed E-state index contributed by atoms with van der Waals surface area (Å²) in [5.41, 5.74) is 0.298. The van der Waals surface area contributed by atoms with E-state index in [1.165, 1.54) is 0 Å². The van der Waals surface area contributed by atoms with E-state index in [4.69, 9.17) is 0 Å². The molecule has 0 aromatic carbocycles. The quantitative estimate of drug-likeness (QED) is 0.831. The Bertz CT molecular complexity index is 311. The van der Waals surface area contributed by atoms with Gasteiger partial charge in [0.2, 0.25) is 5.91 Å². The lowest BCUT2D eigenvalue weighted by Crippen LogP contribution is -2.35. The number of nitrogens with zero attached hydrogens (tertiary/aromatic N) is 2. The fraction of sp³-hybridized carbons (Fsp3) is 0.846. The van der Waals surface area contributed by atoms with Gasteiger partial charge in [-0.15, -0.1) is 0 Å². The van der Waals surface area contributed by atoms with Gasteiger partial charge in [-0.1, -0.05) is 25.6 Å². The molecule has 1 aliphatic rings. The van der Waals surface area contributed by atoms with Crippen LogP contribution in [0.3, 0.4) is 0 Å². The standard InChI is InChI=1S/C13H25N3OS/c1-5-16(6-2)11(17)7-8-14-12-15-9-13(3,4)10-18-12/h5-10H2,1-4H3,(H,14,15). The molecule has 0 atom stereocenters. The highest BCUT2D eigenvalue weighted by Gasteiger charge is 2.23. The van der Waals surface area contributed by atoms with E-state index in [1.54, 1.807) is 11.8 Å². The van der Waals surface area contributed by atoms with E-state index in [1.807, 2.05) is 18.7 Å². The molecule has 0 saturated heterocycles. The minimum atomic E-state index is 0.217. The van der Waals surface area contributed by atoms with Crippen LogP contribution in [0, 0.1) is 5.41 Å². The zero-order valence-electron chi connectivity index (χ0n) is 12.0. The lowest BCUT2D eigenvalue weighted by Gasteiger charge is -2.27. The van der Waals surface area contributed by atoms with E-state index < -0.39 is 0 Å². The van der Waals surface area contributed by atoms with Crippen LogP contribution in [0.2, 0.25) is 0 Å². The summed E-state index contributed by atoms with van der Waals surface area (Å²) in [5.74, 6) is 1.30. The van der Waals surface area contributed by atoms with Gasteiger partial charge < -0.3 is 10.2 Å². The predicted molar refractivity (Wildman–Crippen MR) is 79.1 cm³/mol. The van der Waals surface area contributed by atoms with Crippen molar-refractivity contribution in [3.63, 3.8) is 0 Å². The number of aliphatic imine (C=N–C) groups is 1. The van der Waals surface area contributed by atoms with E-state index in [0.717, 1.165) is 30.6 Å². The second-order valence-electron chi connectivity index (χ2n) is 5.32. The van der Waals surface area contributed by atoms with Gasteiger partial charge in [0, 0.05) is 38.4 Å². The van der Waals surface area contributed by atoms with Gasteiger partial charge in [-0.25, -0.2) is 0 Å². The Balaban J connectivity index is 2.26. The van der Waals surface area contributed by atoms with Crippen molar-refractivity contribution in [2.75, 3.05) is 31.9 Å². The van der Waals surface area contributed by atoms with Gasteiger partial charge in [-0.05, 0) is 19.3 Å². The summed E-state index contributed by atoms with van der Waals surface area (Å²) in [6.45, 7) is 11.6. The third-order valence-corrected chi connectivity index (χ3v) is 4.45. The second kappa shape index (κ2) is 7.02. The summed E-state index contributed by atoms with van der Waals surface area (Å²) in [7, 11) is 0. The Morgan fingerprint density at radius 1 is 1.44 bits per heavy atom. The van der Waals surface area contributed by atoms with Gasteiger partial charge in [0.25, 0.3) is 0 Å². The van der Waals surface area contributed by atoms with E-state index in [0.29, 0.717) is 18.4 Å². The molecule has 104 valence electrons. The van der Waals surface area contributed by atoms with Gasteiger partial charge in [0.1, 0.15) is 0 Å². The van der Waals surface area contributed by atoms with Crippen LogP contribution in [-0.2, 0) is 4.79 Å². The molecule has 0 fully saturated rings. The van der Waals surface area contributed by atoms with Crippen molar-refractivity contribution < 1.29 is 4.79 Å². The molecule has 1 heterocycles. The number of carbonyl (C=O) groups is 1. The number of carbonyl (C=O) groups excluding carboxylic acids is 1. The number of nitrogens with one attached hydrogen (secondary N) is 1. The molecule has 1 amide bonds. The van der Waals surface area contributed by atoms with Crippen LogP contribution in [0.25, 0.3) is 0 Å². The van der Waals surface area contributed by atoms with Gasteiger partial charge in [-0.2, -0.15) is 0 Å². The maximum atomic E-state index is 11.8. The zero-order valence-corrected chi connectivity index (χ0v) is 12.8. The van der Waals surface area contributed by atoms with E-state index in [-0.39, 0.29) is 5.91 Å². The number of hydrogen-bond donors (Lipinski definition) is 1. The second-order valence-corrected chi connectivity index (χ2v) is 6.28. The van der Waals surface area contributed by atoms with Crippen molar-refractivity contribution in [1.82, 2.24) is 10.2 Å². The monoisotopic (exact) mass is 271 g/mol. The Morgan fingerprint density at radius 2 is 2.11 bits per heavy atom. The average molecular weight is 271 g/mol. The smallest absolute Gasteiger partial charge is 0.224 e. The summed E-state index contributed by atoms with van der Waals surface area (Å²) < 4.78 is 0. The number of thioether (sulfide) groups is 1. The molecule has 4 nitrogen and oxygen atoms in total. The lowest BCUT2D eigenvalue weighted by atomic mass is 9.97. The van der Waals surface area contributed by atoms with Crippen LogP contribution in [0.1, 0.15) is 34.1 Å². The van der Waals surface area contributed by atoms with E-state index >= 15 is 0 Å². The summed E-state index contributed by atoms with van der Waals surface area (Å²) in [5, 5.41) is 4.25. The molecule has 0 radical (unpaired) electrons. The highest BCUT2D eigenvalue weighted by molar-refractivity contribution is 8.13. The Kier molecular flexibility index (Phi) is 5.99. The first-order chi connectivity index (χ1) is 8.48. The minimum Gasteiger partial charge on any atom is -0.364 e. The van der Waals surface area contributed by atoms with Crippen molar-refractivity contribution in [2.45, 2.75) is 34.1 Å². The van der Waals surface area contributed by atoms with Crippen molar-refractivity contribution in [2.24, 2.45) is 10.4 Å². The molecular formula is C13H25N3OS. The molecule has 0 unspecified atom stereocenters. The van der Waals surface area contributed by atoms with Crippen LogP contribution in [0.5, 0.6) is 0 Å². The van der Waals surface area contributed by atoms with Gasteiger partial charge in [0.15, 0.2) is 5.17 Å². The van der Waals surface area contributed by atoms with Crippen molar-refractivity contribution in [1.29, 1.82) is 0 Å². The highest BCUT2D eigenvalue weighted by atomic mass is 32.2. The summed E-state index contributed by atoms with van der Waals surface area (Å²) in [4.78, 5) is 18.2. The number of rotatable bonds is 5. The third-order valence-electron chi connectivity index (χ3n) is 2.98. The average Bonchev–Trinajstić information content (AvgIpc) is 2.33. The third kappa shape index (κ3) is 4.88. The van der Waals surface area contributed by atoms with Crippen molar-refractivity contribution in [3.8, 4) is 0 Å². The molecule has 0 saturated carbocycles. The van der Waals surface area contributed by atoms with Crippen LogP contribution >= 0.6 is 11.8 Å². The molecule has 18 heavy (non-hydrogen) atoms. The van der Waals surface area contributed by atoms with Crippen LogP contribution in [0.15, 0.2) is 4.99 Å². The van der Waals surface area contributed by atoms with Crippen LogP contribution in [-0.4, -0.2) is 47.9 Å². The molecule has 0 aromatic rings.